The van der Waals surface area contributed by atoms with E-state index in [1.54, 1.807) is 18.2 Å². The molecule has 0 spiro atoms. The van der Waals surface area contributed by atoms with Crippen molar-refractivity contribution in [1.82, 2.24) is 0 Å². The molecule has 0 saturated carbocycles. The number of aryl methyl sites for hydroxylation is 1. The molecule has 0 N–H and O–H groups in total. The molecule has 0 radical (unpaired) electrons. The van der Waals surface area contributed by atoms with Crippen LogP contribution in [0.4, 0.5) is 0 Å². The van der Waals surface area contributed by atoms with Crippen molar-refractivity contribution in [3.8, 4) is 11.5 Å². The second-order valence-corrected chi connectivity index (χ2v) is 4.53. The van der Waals surface area contributed by atoms with Crippen molar-refractivity contribution in [1.29, 1.82) is 0 Å². The van der Waals surface area contributed by atoms with Gasteiger partial charge in [0.05, 0.1) is 6.61 Å². The molecule has 0 bridgehead atoms. The molecule has 0 atom stereocenters. The second kappa shape index (κ2) is 6.75. The van der Waals surface area contributed by atoms with Crippen molar-refractivity contribution >= 4 is 6.29 Å². The Kier molecular flexibility index (Phi) is 4.77. The molecule has 0 aromatic heterocycles. The van der Waals surface area contributed by atoms with E-state index >= 15 is 0 Å². The van der Waals surface area contributed by atoms with Gasteiger partial charge in [0.25, 0.3) is 0 Å². The van der Waals surface area contributed by atoms with Crippen molar-refractivity contribution in [2.24, 2.45) is 0 Å². The minimum atomic E-state index is 0.473. The summed E-state index contributed by atoms with van der Waals surface area (Å²) >= 11 is 0. The second-order valence-electron chi connectivity index (χ2n) is 4.53. The van der Waals surface area contributed by atoms with Gasteiger partial charge in [-0.15, -0.1) is 0 Å². The van der Waals surface area contributed by atoms with Crippen LogP contribution in [0.15, 0.2) is 42.5 Å². The van der Waals surface area contributed by atoms with E-state index in [1.807, 2.05) is 19.1 Å². The lowest BCUT2D eigenvalue weighted by molar-refractivity contribution is 0.112. The summed E-state index contributed by atoms with van der Waals surface area (Å²) in [6, 6.07) is 13.4. The standard InChI is InChI=1S/C17H18O3/c1-3-19-17-10-15(11-18)8-9-16(17)20-12-14-6-4-13(2)5-7-14/h4-11H,3,12H2,1-2H3. The van der Waals surface area contributed by atoms with E-state index < -0.39 is 0 Å². The molecule has 0 amide bonds. The summed E-state index contributed by atoms with van der Waals surface area (Å²) in [5.74, 6) is 1.25. The summed E-state index contributed by atoms with van der Waals surface area (Å²) in [6.07, 6.45) is 0.798. The molecule has 0 fully saturated rings. The van der Waals surface area contributed by atoms with Crippen LogP contribution in [0.5, 0.6) is 11.5 Å². The Labute approximate surface area is 119 Å². The van der Waals surface area contributed by atoms with Gasteiger partial charge in [-0.1, -0.05) is 29.8 Å². The molecule has 3 heteroatoms. The highest BCUT2D eigenvalue weighted by atomic mass is 16.5. The Balaban J connectivity index is 2.11. The molecular weight excluding hydrogens is 252 g/mol. The number of carbonyl (C=O) groups excluding carboxylic acids is 1. The molecule has 20 heavy (non-hydrogen) atoms. The van der Waals surface area contributed by atoms with E-state index in [-0.39, 0.29) is 0 Å². The monoisotopic (exact) mass is 270 g/mol. The third kappa shape index (κ3) is 3.60. The molecule has 0 saturated heterocycles. The van der Waals surface area contributed by atoms with Gasteiger partial charge in [-0.05, 0) is 37.6 Å². The van der Waals surface area contributed by atoms with Crippen LogP contribution in [0, 0.1) is 6.92 Å². The smallest absolute Gasteiger partial charge is 0.161 e. The van der Waals surface area contributed by atoms with Crippen LogP contribution in [0.3, 0.4) is 0 Å². The van der Waals surface area contributed by atoms with Gasteiger partial charge >= 0.3 is 0 Å². The van der Waals surface area contributed by atoms with Crippen molar-refractivity contribution < 1.29 is 14.3 Å². The fourth-order valence-electron chi connectivity index (χ4n) is 1.83. The van der Waals surface area contributed by atoms with Crippen LogP contribution in [0.25, 0.3) is 0 Å². The van der Waals surface area contributed by atoms with Gasteiger partial charge in [-0.25, -0.2) is 0 Å². The normalized spacial score (nSPS) is 10.1. The van der Waals surface area contributed by atoms with Gasteiger partial charge in [0.15, 0.2) is 11.5 Å². The SMILES string of the molecule is CCOc1cc(C=O)ccc1OCc1ccc(C)cc1. The van der Waals surface area contributed by atoms with Crippen molar-refractivity contribution in [2.45, 2.75) is 20.5 Å². The fourth-order valence-corrected chi connectivity index (χ4v) is 1.83. The van der Waals surface area contributed by atoms with E-state index in [2.05, 4.69) is 19.1 Å². The summed E-state index contributed by atoms with van der Waals surface area (Å²) in [4.78, 5) is 10.8. The van der Waals surface area contributed by atoms with Crippen molar-refractivity contribution in [3.05, 3.63) is 59.2 Å². The van der Waals surface area contributed by atoms with E-state index in [9.17, 15) is 4.79 Å². The first-order valence-corrected chi connectivity index (χ1v) is 6.63. The topological polar surface area (TPSA) is 35.5 Å². The minimum Gasteiger partial charge on any atom is -0.490 e. The first-order valence-electron chi connectivity index (χ1n) is 6.63. The Bertz CT molecular complexity index is 573. The molecule has 2 aromatic carbocycles. The predicted molar refractivity (Wildman–Crippen MR) is 78.5 cm³/mol. The van der Waals surface area contributed by atoms with Crippen LogP contribution < -0.4 is 9.47 Å². The number of benzene rings is 2. The quantitative estimate of drug-likeness (QED) is 0.749. The highest BCUT2D eigenvalue weighted by Gasteiger charge is 2.06. The molecule has 0 aliphatic carbocycles. The van der Waals surface area contributed by atoms with Gasteiger partial charge < -0.3 is 9.47 Å². The molecular formula is C17H18O3. The molecule has 2 aromatic rings. The van der Waals surface area contributed by atoms with E-state index in [0.29, 0.717) is 30.3 Å². The largest absolute Gasteiger partial charge is 0.490 e. The first-order chi connectivity index (χ1) is 9.72. The highest BCUT2D eigenvalue weighted by molar-refractivity contribution is 5.76. The zero-order valence-corrected chi connectivity index (χ0v) is 11.8. The summed E-state index contributed by atoms with van der Waals surface area (Å²) < 4.78 is 11.3. The molecule has 3 nitrogen and oxygen atoms in total. The van der Waals surface area contributed by atoms with Gasteiger partial charge in [0.2, 0.25) is 0 Å². The summed E-state index contributed by atoms with van der Waals surface area (Å²) in [7, 11) is 0. The third-order valence-corrected chi connectivity index (χ3v) is 2.92. The minimum absolute atomic E-state index is 0.473. The summed E-state index contributed by atoms with van der Waals surface area (Å²) in [6.45, 7) is 4.96. The maximum Gasteiger partial charge on any atom is 0.161 e. The van der Waals surface area contributed by atoms with E-state index in [0.717, 1.165) is 11.8 Å². The molecule has 0 aliphatic rings. The van der Waals surface area contributed by atoms with Gasteiger partial charge in [-0.3, -0.25) is 4.79 Å². The average molecular weight is 270 g/mol. The van der Waals surface area contributed by atoms with E-state index in [1.165, 1.54) is 5.56 Å². The van der Waals surface area contributed by atoms with Crippen LogP contribution in [0.1, 0.15) is 28.4 Å². The number of ether oxygens (including phenoxy) is 2. The van der Waals surface area contributed by atoms with Crippen molar-refractivity contribution in [2.75, 3.05) is 6.61 Å². The number of rotatable bonds is 6. The summed E-state index contributed by atoms with van der Waals surface area (Å²) in [5.41, 5.74) is 2.90. The molecule has 2 rings (SSSR count). The lowest BCUT2D eigenvalue weighted by atomic mass is 10.2. The number of carbonyl (C=O) groups is 1. The fraction of sp³-hybridized carbons (Fsp3) is 0.235. The van der Waals surface area contributed by atoms with E-state index in [4.69, 9.17) is 9.47 Å². The van der Waals surface area contributed by atoms with Crippen LogP contribution in [-0.4, -0.2) is 12.9 Å². The maximum atomic E-state index is 10.8. The molecule has 0 aliphatic heterocycles. The Morgan fingerprint density at radius 1 is 1.00 bits per heavy atom. The highest BCUT2D eigenvalue weighted by Crippen LogP contribution is 2.28. The Morgan fingerprint density at radius 3 is 2.40 bits per heavy atom. The van der Waals surface area contributed by atoms with Gasteiger partial charge in [0.1, 0.15) is 12.9 Å². The van der Waals surface area contributed by atoms with Gasteiger partial charge in [-0.2, -0.15) is 0 Å². The third-order valence-electron chi connectivity index (χ3n) is 2.92. The predicted octanol–water partition coefficient (Wildman–Crippen LogP) is 3.79. The van der Waals surface area contributed by atoms with Crippen molar-refractivity contribution in [3.63, 3.8) is 0 Å². The maximum absolute atomic E-state index is 10.8. The lowest BCUT2D eigenvalue weighted by Gasteiger charge is -2.12. The number of hydrogen-bond acceptors (Lipinski definition) is 3. The van der Waals surface area contributed by atoms with Crippen LogP contribution >= 0.6 is 0 Å². The first kappa shape index (κ1) is 14.1. The molecule has 0 heterocycles. The molecule has 0 unspecified atom stereocenters. The van der Waals surface area contributed by atoms with Gasteiger partial charge in [0, 0.05) is 5.56 Å². The molecule has 104 valence electrons. The number of aldehydes is 1. The van der Waals surface area contributed by atoms with Crippen LogP contribution in [-0.2, 0) is 6.61 Å². The van der Waals surface area contributed by atoms with Crippen LogP contribution in [0.2, 0.25) is 0 Å². The zero-order chi connectivity index (χ0) is 14.4. The summed E-state index contributed by atoms with van der Waals surface area (Å²) in [5, 5.41) is 0. The number of hydrogen-bond donors (Lipinski definition) is 0. The average Bonchev–Trinajstić information content (AvgIpc) is 2.48. The Morgan fingerprint density at radius 2 is 1.75 bits per heavy atom. The Hall–Kier alpha value is -2.29. The lowest BCUT2D eigenvalue weighted by Crippen LogP contribution is -2.00. The zero-order valence-electron chi connectivity index (χ0n) is 11.8.